The van der Waals surface area contributed by atoms with Crippen molar-refractivity contribution in [3.63, 3.8) is 0 Å². The van der Waals surface area contributed by atoms with Crippen LogP contribution in [0.3, 0.4) is 0 Å². The molecule has 1 aromatic heterocycles. The van der Waals surface area contributed by atoms with E-state index in [1.54, 1.807) is 18.0 Å². The van der Waals surface area contributed by atoms with Gasteiger partial charge in [-0.15, -0.1) is 0 Å². The van der Waals surface area contributed by atoms with Crippen molar-refractivity contribution >= 4 is 43.6 Å². The van der Waals surface area contributed by atoms with Crippen LogP contribution in [0.15, 0.2) is 55.4 Å². The highest BCUT2D eigenvalue weighted by molar-refractivity contribution is 9.10. The summed E-state index contributed by atoms with van der Waals surface area (Å²) in [6.45, 7) is 0.526. The van der Waals surface area contributed by atoms with Crippen LogP contribution >= 0.6 is 43.6 Å². The van der Waals surface area contributed by atoms with Gasteiger partial charge in [0.15, 0.2) is 0 Å². The summed E-state index contributed by atoms with van der Waals surface area (Å²) in [5.74, 6) is 0. The lowest BCUT2D eigenvalue weighted by atomic mass is 10.2. The summed E-state index contributed by atoms with van der Waals surface area (Å²) in [5.41, 5.74) is 6.85. The molecule has 2 N–H and O–H groups in total. The number of rotatable bonds is 3. The number of nitrogens with two attached hydrogens (primary N) is 1. The SMILES string of the molecule is NCc1cc(Br)ccc1Sc1ccc(Br)cn1. The molecule has 0 atom stereocenters. The summed E-state index contributed by atoms with van der Waals surface area (Å²) in [6.07, 6.45) is 1.79. The second-order valence-corrected chi connectivity index (χ2v) is 6.27. The summed E-state index contributed by atoms with van der Waals surface area (Å²) in [4.78, 5) is 5.48. The number of halogens is 2. The summed E-state index contributed by atoms with van der Waals surface area (Å²) >= 11 is 8.44. The molecule has 1 heterocycles. The first-order valence-electron chi connectivity index (χ1n) is 4.97. The molecule has 0 saturated heterocycles. The Hall–Kier alpha value is -0.360. The highest BCUT2D eigenvalue weighted by Crippen LogP contribution is 2.31. The third-order valence-electron chi connectivity index (χ3n) is 2.16. The molecule has 0 unspecified atom stereocenters. The van der Waals surface area contributed by atoms with Gasteiger partial charge >= 0.3 is 0 Å². The van der Waals surface area contributed by atoms with E-state index in [4.69, 9.17) is 5.73 Å². The molecule has 5 heteroatoms. The van der Waals surface area contributed by atoms with Crippen LogP contribution in [0.2, 0.25) is 0 Å². The standard InChI is InChI=1S/C12H10Br2N2S/c13-9-1-3-11(8(5-9)6-15)17-12-4-2-10(14)7-16-12/h1-5,7H,6,15H2. The second kappa shape index (κ2) is 6.00. The number of pyridine rings is 1. The van der Waals surface area contributed by atoms with Crippen molar-refractivity contribution in [3.05, 3.63) is 51.0 Å². The molecule has 0 spiro atoms. The summed E-state index contributed by atoms with van der Waals surface area (Å²) < 4.78 is 2.03. The van der Waals surface area contributed by atoms with Gasteiger partial charge in [-0.2, -0.15) is 0 Å². The van der Waals surface area contributed by atoms with Crippen LogP contribution in [0.25, 0.3) is 0 Å². The highest BCUT2D eigenvalue weighted by atomic mass is 79.9. The zero-order valence-corrected chi connectivity index (χ0v) is 12.8. The largest absolute Gasteiger partial charge is 0.326 e. The van der Waals surface area contributed by atoms with Gasteiger partial charge in [0.05, 0.1) is 0 Å². The maximum atomic E-state index is 5.74. The molecule has 2 aromatic rings. The quantitative estimate of drug-likeness (QED) is 0.875. The number of hydrogen-bond acceptors (Lipinski definition) is 3. The van der Waals surface area contributed by atoms with Gasteiger partial charge in [0, 0.05) is 26.6 Å². The van der Waals surface area contributed by atoms with E-state index >= 15 is 0 Å². The molecule has 0 aliphatic rings. The van der Waals surface area contributed by atoms with E-state index in [2.05, 4.69) is 42.9 Å². The minimum absolute atomic E-state index is 0.526. The molecule has 0 aliphatic heterocycles. The van der Waals surface area contributed by atoms with Gasteiger partial charge in [-0.3, -0.25) is 0 Å². The van der Waals surface area contributed by atoms with Gasteiger partial charge in [-0.1, -0.05) is 27.7 Å². The Morgan fingerprint density at radius 3 is 2.53 bits per heavy atom. The molecule has 0 radical (unpaired) electrons. The van der Waals surface area contributed by atoms with Crippen LogP contribution in [0.4, 0.5) is 0 Å². The van der Waals surface area contributed by atoms with Crippen LogP contribution in [0.5, 0.6) is 0 Å². The predicted molar refractivity (Wildman–Crippen MR) is 78.1 cm³/mol. The van der Waals surface area contributed by atoms with Crippen LogP contribution in [0, 0.1) is 0 Å². The maximum Gasteiger partial charge on any atom is 0.101 e. The molecule has 0 amide bonds. The Bertz CT molecular complexity index is 514. The van der Waals surface area contributed by atoms with Gasteiger partial charge < -0.3 is 5.73 Å². The molecular formula is C12H10Br2N2S. The number of nitrogens with zero attached hydrogens (tertiary/aromatic N) is 1. The number of benzene rings is 1. The normalized spacial score (nSPS) is 10.5. The maximum absolute atomic E-state index is 5.74. The van der Waals surface area contributed by atoms with Gasteiger partial charge in [-0.05, 0) is 51.8 Å². The smallest absolute Gasteiger partial charge is 0.101 e. The zero-order valence-electron chi connectivity index (χ0n) is 8.86. The lowest BCUT2D eigenvalue weighted by molar-refractivity contribution is 1.02. The molecule has 88 valence electrons. The predicted octanol–water partition coefficient (Wildman–Crippen LogP) is 4.22. The summed E-state index contributed by atoms with van der Waals surface area (Å²) in [7, 11) is 0. The molecular weight excluding hydrogens is 364 g/mol. The average molecular weight is 374 g/mol. The Kier molecular flexibility index (Phi) is 4.62. The molecule has 0 aliphatic carbocycles. The van der Waals surface area contributed by atoms with E-state index in [1.807, 2.05) is 24.3 Å². The van der Waals surface area contributed by atoms with Gasteiger partial charge in [0.25, 0.3) is 0 Å². The molecule has 2 rings (SSSR count). The van der Waals surface area contributed by atoms with Crippen molar-refractivity contribution in [2.75, 3.05) is 0 Å². The first kappa shape index (κ1) is 13.1. The lowest BCUT2D eigenvalue weighted by Gasteiger charge is -2.07. The Labute approximate surface area is 121 Å². The van der Waals surface area contributed by atoms with Crippen LogP contribution in [-0.2, 0) is 6.54 Å². The molecule has 0 fully saturated rings. The third kappa shape index (κ3) is 3.55. The van der Waals surface area contributed by atoms with Crippen LogP contribution in [-0.4, -0.2) is 4.98 Å². The minimum atomic E-state index is 0.526. The fourth-order valence-corrected chi connectivity index (χ4v) is 2.86. The fourth-order valence-electron chi connectivity index (χ4n) is 1.34. The first-order chi connectivity index (χ1) is 8.19. The van der Waals surface area contributed by atoms with Crippen molar-refractivity contribution in [2.45, 2.75) is 16.5 Å². The van der Waals surface area contributed by atoms with E-state index in [0.717, 1.165) is 24.4 Å². The zero-order chi connectivity index (χ0) is 12.3. The fraction of sp³-hybridized carbons (Fsp3) is 0.0833. The second-order valence-electron chi connectivity index (χ2n) is 3.37. The van der Waals surface area contributed by atoms with E-state index in [0.29, 0.717) is 6.54 Å². The van der Waals surface area contributed by atoms with Gasteiger partial charge in [0.2, 0.25) is 0 Å². The molecule has 0 saturated carbocycles. The van der Waals surface area contributed by atoms with Gasteiger partial charge in [-0.25, -0.2) is 4.98 Å². The van der Waals surface area contributed by atoms with Crippen LogP contribution < -0.4 is 5.73 Å². The van der Waals surface area contributed by atoms with Crippen molar-refractivity contribution in [2.24, 2.45) is 5.73 Å². The topological polar surface area (TPSA) is 38.9 Å². The highest BCUT2D eigenvalue weighted by Gasteiger charge is 2.05. The average Bonchev–Trinajstić information content (AvgIpc) is 2.34. The first-order valence-corrected chi connectivity index (χ1v) is 7.37. The Morgan fingerprint density at radius 2 is 1.88 bits per heavy atom. The molecule has 1 aromatic carbocycles. The Balaban J connectivity index is 2.26. The van der Waals surface area contributed by atoms with E-state index in [1.165, 1.54) is 0 Å². The third-order valence-corrected chi connectivity index (χ3v) is 4.19. The van der Waals surface area contributed by atoms with Crippen molar-refractivity contribution < 1.29 is 0 Å². The number of hydrogen-bond donors (Lipinski definition) is 1. The summed E-state index contributed by atoms with van der Waals surface area (Å²) in [5, 5.41) is 0.963. The van der Waals surface area contributed by atoms with E-state index in [-0.39, 0.29) is 0 Å². The monoisotopic (exact) mass is 372 g/mol. The minimum Gasteiger partial charge on any atom is -0.326 e. The van der Waals surface area contributed by atoms with Gasteiger partial charge in [0.1, 0.15) is 5.03 Å². The molecule has 2 nitrogen and oxygen atoms in total. The van der Waals surface area contributed by atoms with Crippen LogP contribution in [0.1, 0.15) is 5.56 Å². The molecule has 0 bridgehead atoms. The van der Waals surface area contributed by atoms with Crippen molar-refractivity contribution in [1.29, 1.82) is 0 Å². The van der Waals surface area contributed by atoms with Crippen molar-refractivity contribution in [3.8, 4) is 0 Å². The summed E-state index contributed by atoms with van der Waals surface area (Å²) in [6, 6.07) is 10.1. The van der Waals surface area contributed by atoms with E-state index < -0.39 is 0 Å². The van der Waals surface area contributed by atoms with Crippen molar-refractivity contribution in [1.82, 2.24) is 4.98 Å². The molecule has 17 heavy (non-hydrogen) atoms. The van der Waals surface area contributed by atoms with E-state index in [9.17, 15) is 0 Å². The lowest BCUT2D eigenvalue weighted by Crippen LogP contribution is -1.98. The number of aromatic nitrogens is 1. The Morgan fingerprint density at radius 1 is 1.12 bits per heavy atom.